The molecule has 0 radical (unpaired) electrons. The Balaban J connectivity index is 2.37. The Bertz CT molecular complexity index is 908. The van der Waals surface area contributed by atoms with Crippen LogP contribution in [-0.4, -0.2) is 16.8 Å². The van der Waals surface area contributed by atoms with Crippen molar-refractivity contribution in [2.24, 2.45) is 5.14 Å². The summed E-state index contributed by atoms with van der Waals surface area (Å²) in [7, 11) is -7.87. The Labute approximate surface area is 127 Å². The summed E-state index contributed by atoms with van der Waals surface area (Å²) >= 11 is 0. The van der Waals surface area contributed by atoms with E-state index >= 15 is 0 Å². The third kappa shape index (κ3) is 3.43. The SMILES string of the molecule is Cc1c(F)cccc1NS(=O)(=O)c1ccc(S(N)(=O)=O)cc1. The summed E-state index contributed by atoms with van der Waals surface area (Å²) in [5.74, 6) is -0.537. The quantitative estimate of drug-likeness (QED) is 0.878. The second kappa shape index (κ2) is 5.67. The molecule has 0 aliphatic heterocycles. The van der Waals surface area contributed by atoms with Crippen LogP contribution in [0.1, 0.15) is 5.56 Å². The topological polar surface area (TPSA) is 106 Å². The highest BCUT2D eigenvalue weighted by atomic mass is 32.2. The lowest BCUT2D eigenvalue weighted by molar-refractivity contribution is 0.595. The lowest BCUT2D eigenvalue weighted by Gasteiger charge is -2.11. The van der Waals surface area contributed by atoms with Crippen molar-refractivity contribution in [1.29, 1.82) is 0 Å². The van der Waals surface area contributed by atoms with Crippen molar-refractivity contribution in [2.45, 2.75) is 16.7 Å². The van der Waals surface area contributed by atoms with Gasteiger partial charge in [-0.25, -0.2) is 26.4 Å². The highest BCUT2D eigenvalue weighted by molar-refractivity contribution is 7.92. The van der Waals surface area contributed by atoms with Gasteiger partial charge in [0.15, 0.2) is 0 Å². The minimum atomic E-state index is -3.97. The number of nitrogens with one attached hydrogen (secondary N) is 1. The normalized spacial score (nSPS) is 12.1. The van der Waals surface area contributed by atoms with Gasteiger partial charge < -0.3 is 0 Å². The fourth-order valence-electron chi connectivity index (χ4n) is 1.73. The highest BCUT2D eigenvalue weighted by Crippen LogP contribution is 2.22. The number of rotatable bonds is 4. The molecule has 0 saturated carbocycles. The summed E-state index contributed by atoms with van der Waals surface area (Å²) in [6.07, 6.45) is 0. The predicted octanol–water partition coefficient (Wildman–Crippen LogP) is 1.58. The number of primary sulfonamides is 1. The highest BCUT2D eigenvalue weighted by Gasteiger charge is 2.17. The van der Waals surface area contributed by atoms with E-state index in [0.717, 1.165) is 24.3 Å². The van der Waals surface area contributed by atoms with Gasteiger partial charge in [-0.2, -0.15) is 0 Å². The molecule has 0 heterocycles. The molecule has 6 nitrogen and oxygen atoms in total. The standard InChI is InChI=1S/C13H13FN2O4S2/c1-9-12(14)3-2-4-13(9)16-22(19,20)11-7-5-10(6-8-11)21(15,17)18/h2-8,16H,1H3,(H2,15,17,18). The third-order valence-corrected chi connectivity index (χ3v) is 5.29. The molecule has 22 heavy (non-hydrogen) atoms. The Kier molecular flexibility index (Phi) is 4.23. The maximum absolute atomic E-state index is 13.4. The zero-order valence-electron chi connectivity index (χ0n) is 11.4. The summed E-state index contributed by atoms with van der Waals surface area (Å²) < 4.78 is 62.4. The smallest absolute Gasteiger partial charge is 0.261 e. The predicted molar refractivity (Wildman–Crippen MR) is 79.8 cm³/mol. The van der Waals surface area contributed by atoms with Crippen molar-refractivity contribution in [3.63, 3.8) is 0 Å². The first kappa shape index (κ1) is 16.4. The summed E-state index contributed by atoms with van der Waals surface area (Å²) in [5.41, 5.74) is 0.266. The first-order chi connectivity index (χ1) is 10.1. The number of nitrogens with two attached hydrogens (primary N) is 1. The molecule has 0 saturated heterocycles. The second-order valence-electron chi connectivity index (χ2n) is 4.53. The molecule has 0 bridgehead atoms. The second-order valence-corrected chi connectivity index (χ2v) is 7.78. The Morgan fingerprint density at radius 3 is 2.05 bits per heavy atom. The summed E-state index contributed by atoms with van der Waals surface area (Å²) in [4.78, 5) is -0.364. The van der Waals surface area contributed by atoms with Crippen LogP contribution in [0.5, 0.6) is 0 Å². The lowest BCUT2D eigenvalue weighted by Crippen LogP contribution is -2.15. The van der Waals surface area contributed by atoms with E-state index in [0.29, 0.717) is 0 Å². The van der Waals surface area contributed by atoms with Crippen molar-refractivity contribution in [3.05, 3.63) is 53.8 Å². The van der Waals surface area contributed by atoms with E-state index < -0.39 is 25.9 Å². The molecule has 0 spiro atoms. The van der Waals surface area contributed by atoms with Crippen LogP contribution in [0.25, 0.3) is 0 Å². The molecule has 0 aliphatic carbocycles. The number of benzene rings is 2. The zero-order valence-corrected chi connectivity index (χ0v) is 13.1. The molecule has 0 atom stereocenters. The summed E-state index contributed by atoms with van der Waals surface area (Å²) in [5, 5.41) is 4.94. The molecular weight excluding hydrogens is 331 g/mol. The van der Waals surface area contributed by atoms with Crippen molar-refractivity contribution in [2.75, 3.05) is 4.72 Å². The van der Waals surface area contributed by atoms with Crippen LogP contribution in [0.4, 0.5) is 10.1 Å². The molecule has 0 aliphatic rings. The fraction of sp³-hybridized carbons (Fsp3) is 0.0769. The Morgan fingerprint density at radius 1 is 0.955 bits per heavy atom. The summed E-state index contributed by atoms with van der Waals surface area (Å²) in [6.45, 7) is 1.44. The molecule has 2 aromatic rings. The van der Waals surface area contributed by atoms with Crippen molar-refractivity contribution in [3.8, 4) is 0 Å². The first-order valence-corrected chi connectivity index (χ1v) is 9.05. The average Bonchev–Trinajstić information content (AvgIpc) is 2.43. The van der Waals surface area contributed by atoms with Gasteiger partial charge in [-0.3, -0.25) is 4.72 Å². The van der Waals surface area contributed by atoms with Crippen LogP contribution in [0.15, 0.2) is 52.3 Å². The van der Waals surface area contributed by atoms with Gasteiger partial charge in [-0.15, -0.1) is 0 Å². The van der Waals surface area contributed by atoms with Gasteiger partial charge in [-0.05, 0) is 43.3 Å². The largest absolute Gasteiger partial charge is 0.279 e. The van der Waals surface area contributed by atoms with Crippen LogP contribution in [0.2, 0.25) is 0 Å². The fourth-order valence-corrected chi connectivity index (χ4v) is 3.37. The first-order valence-electron chi connectivity index (χ1n) is 6.02. The van der Waals surface area contributed by atoms with Gasteiger partial charge in [0, 0.05) is 5.56 Å². The Morgan fingerprint density at radius 2 is 1.50 bits per heavy atom. The third-order valence-electron chi connectivity index (χ3n) is 2.97. The molecule has 0 amide bonds. The van der Waals surface area contributed by atoms with Crippen LogP contribution in [0, 0.1) is 12.7 Å². The molecule has 3 N–H and O–H groups in total. The monoisotopic (exact) mass is 344 g/mol. The van der Waals surface area contributed by atoms with Crippen molar-refractivity contribution < 1.29 is 21.2 Å². The minimum absolute atomic E-state index is 0.107. The van der Waals surface area contributed by atoms with E-state index in [9.17, 15) is 21.2 Å². The number of hydrogen-bond donors (Lipinski definition) is 2. The molecule has 0 fully saturated rings. The number of sulfonamides is 2. The van der Waals surface area contributed by atoms with E-state index in [2.05, 4.69) is 4.72 Å². The average molecular weight is 344 g/mol. The van der Waals surface area contributed by atoms with Crippen LogP contribution in [-0.2, 0) is 20.0 Å². The minimum Gasteiger partial charge on any atom is -0.279 e. The van der Waals surface area contributed by atoms with Crippen LogP contribution < -0.4 is 9.86 Å². The zero-order chi connectivity index (χ0) is 16.5. The molecule has 0 unspecified atom stereocenters. The van der Waals surface area contributed by atoms with Gasteiger partial charge >= 0.3 is 0 Å². The maximum atomic E-state index is 13.4. The molecule has 118 valence electrons. The van der Waals surface area contributed by atoms with Crippen LogP contribution >= 0.6 is 0 Å². The molecule has 2 aromatic carbocycles. The Hall–Kier alpha value is -1.97. The van der Waals surface area contributed by atoms with Gasteiger partial charge in [-0.1, -0.05) is 6.07 Å². The van der Waals surface area contributed by atoms with Gasteiger partial charge in [0.1, 0.15) is 5.82 Å². The van der Waals surface area contributed by atoms with E-state index in [1.165, 1.54) is 25.1 Å². The molecule has 0 aromatic heterocycles. The number of hydrogen-bond acceptors (Lipinski definition) is 4. The van der Waals surface area contributed by atoms with E-state index in [-0.39, 0.29) is 21.0 Å². The number of halogens is 1. The van der Waals surface area contributed by atoms with Gasteiger partial charge in [0.05, 0.1) is 15.5 Å². The van der Waals surface area contributed by atoms with Gasteiger partial charge in [0.25, 0.3) is 10.0 Å². The summed E-state index contributed by atoms with van der Waals surface area (Å²) in [6, 6.07) is 8.41. The van der Waals surface area contributed by atoms with E-state index in [1.54, 1.807) is 0 Å². The van der Waals surface area contributed by atoms with Gasteiger partial charge in [0.2, 0.25) is 10.0 Å². The molecule has 9 heteroatoms. The van der Waals surface area contributed by atoms with Crippen LogP contribution in [0.3, 0.4) is 0 Å². The molecule has 2 rings (SSSR count). The number of anilines is 1. The van der Waals surface area contributed by atoms with E-state index in [1.807, 2.05) is 0 Å². The molecular formula is C13H13FN2O4S2. The van der Waals surface area contributed by atoms with E-state index in [4.69, 9.17) is 5.14 Å². The van der Waals surface area contributed by atoms with Crippen molar-refractivity contribution in [1.82, 2.24) is 0 Å². The lowest BCUT2D eigenvalue weighted by atomic mass is 10.2. The maximum Gasteiger partial charge on any atom is 0.261 e. The van der Waals surface area contributed by atoms with Crippen molar-refractivity contribution >= 4 is 25.7 Å².